The number of hydrogen-bond donors (Lipinski definition) is 3. The molecule has 1 aromatic carbocycles. The van der Waals surface area contributed by atoms with Crippen LogP contribution < -0.4 is 16.2 Å². The Bertz CT molecular complexity index is 722. The molecule has 4 nitrogen and oxygen atoms in total. The van der Waals surface area contributed by atoms with E-state index < -0.39 is 0 Å². The van der Waals surface area contributed by atoms with Crippen LogP contribution in [0.5, 0.6) is 0 Å². The molecule has 1 heterocycles. The van der Waals surface area contributed by atoms with E-state index in [9.17, 15) is 4.79 Å². The van der Waals surface area contributed by atoms with Gasteiger partial charge in [-0.2, -0.15) is 0 Å². The Hall–Kier alpha value is -1.57. The van der Waals surface area contributed by atoms with Crippen LogP contribution in [0, 0.1) is 0 Å². The van der Waals surface area contributed by atoms with Crippen LogP contribution in [0.4, 0.5) is 0 Å². The average molecular weight is 406 g/mol. The molecular weight excluding hydrogens is 382 g/mol. The standard InChI is InChI=1S/C19H23N3OS3/c23-18(17-13-14-7-3-1-6-10-16(14)26-17)21-22-19(24)20-11-12-25-15-8-4-2-5-9-15/h2,4-5,8-9,13H,1,3,6-7,10-12H2,(H,21,23)(H2,20,22,24). The van der Waals surface area contributed by atoms with Crippen molar-refractivity contribution in [1.82, 2.24) is 16.2 Å². The van der Waals surface area contributed by atoms with Gasteiger partial charge in [0.05, 0.1) is 4.88 Å². The molecule has 0 aliphatic heterocycles. The summed E-state index contributed by atoms with van der Waals surface area (Å²) in [5.41, 5.74) is 6.83. The molecule has 26 heavy (non-hydrogen) atoms. The maximum Gasteiger partial charge on any atom is 0.279 e. The summed E-state index contributed by atoms with van der Waals surface area (Å²) in [5.74, 6) is 0.781. The summed E-state index contributed by atoms with van der Waals surface area (Å²) in [5, 5.41) is 3.54. The van der Waals surface area contributed by atoms with Crippen LogP contribution in [-0.4, -0.2) is 23.3 Å². The van der Waals surface area contributed by atoms with E-state index in [1.807, 2.05) is 24.3 Å². The third-order valence-corrected chi connectivity index (χ3v) is 6.66. The molecule has 7 heteroatoms. The lowest BCUT2D eigenvalue weighted by atomic mass is 10.1. The molecule has 0 fully saturated rings. The second-order valence-corrected chi connectivity index (χ2v) is 8.83. The highest BCUT2D eigenvalue weighted by atomic mass is 32.2. The van der Waals surface area contributed by atoms with Crippen molar-refractivity contribution < 1.29 is 4.79 Å². The van der Waals surface area contributed by atoms with Gasteiger partial charge in [0.15, 0.2) is 5.11 Å². The maximum absolute atomic E-state index is 12.3. The Labute approximate surface area is 168 Å². The topological polar surface area (TPSA) is 53.2 Å². The van der Waals surface area contributed by atoms with Gasteiger partial charge < -0.3 is 5.32 Å². The predicted octanol–water partition coefficient (Wildman–Crippen LogP) is 3.92. The van der Waals surface area contributed by atoms with Crippen molar-refractivity contribution in [3.63, 3.8) is 0 Å². The van der Waals surface area contributed by atoms with Crippen molar-refractivity contribution in [2.45, 2.75) is 37.0 Å². The van der Waals surface area contributed by atoms with Gasteiger partial charge in [0.1, 0.15) is 0 Å². The van der Waals surface area contributed by atoms with Crippen molar-refractivity contribution in [2.75, 3.05) is 12.3 Å². The number of benzene rings is 1. The minimum atomic E-state index is -0.120. The number of thiocarbonyl (C=S) groups is 1. The zero-order valence-corrected chi connectivity index (χ0v) is 17.0. The Morgan fingerprint density at radius 3 is 2.77 bits per heavy atom. The number of fused-ring (bicyclic) bond motifs is 1. The van der Waals surface area contributed by atoms with E-state index in [1.54, 1.807) is 23.1 Å². The fourth-order valence-corrected chi connectivity index (χ4v) is 4.94. The normalized spacial score (nSPS) is 13.4. The van der Waals surface area contributed by atoms with Gasteiger partial charge in [0.2, 0.25) is 0 Å². The van der Waals surface area contributed by atoms with E-state index in [0.29, 0.717) is 5.11 Å². The summed E-state index contributed by atoms with van der Waals surface area (Å²) >= 11 is 8.59. The van der Waals surface area contributed by atoms with Gasteiger partial charge in [0, 0.05) is 22.1 Å². The summed E-state index contributed by atoms with van der Waals surface area (Å²) in [6.45, 7) is 0.731. The lowest BCUT2D eigenvalue weighted by molar-refractivity contribution is 0.0947. The Kier molecular flexibility index (Phi) is 7.34. The fourth-order valence-electron chi connectivity index (χ4n) is 2.85. The van der Waals surface area contributed by atoms with E-state index in [1.165, 1.54) is 34.6 Å². The third kappa shape index (κ3) is 5.72. The van der Waals surface area contributed by atoms with Crippen molar-refractivity contribution >= 4 is 46.3 Å². The quantitative estimate of drug-likeness (QED) is 0.231. The van der Waals surface area contributed by atoms with Crippen LogP contribution in [0.15, 0.2) is 41.3 Å². The van der Waals surface area contributed by atoms with E-state index in [-0.39, 0.29) is 5.91 Å². The zero-order chi connectivity index (χ0) is 18.2. The SMILES string of the molecule is O=C(NNC(=S)NCCSc1ccccc1)c1cc2c(s1)CCCCC2. The van der Waals surface area contributed by atoms with Crippen molar-refractivity contribution in [3.05, 3.63) is 51.7 Å². The lowest BCUT2D eigenvalue weighted by Gasteiger charge is -2.10. The third-order valence-electron chi connectivity index (χ3n) is 4.16. The predicted molar refractivity (Wildman–Crippen MR) is 114 cm³/mol. The van der Waals surface area contributed by atoms with Crippen LogP contribution in [0.25, 0.3) is 0 Å². The molecular formula is C19H23N3OS3. The number of amides is 1. The molecule has 0 atom stereocenters. The number of carbonyl (C=O) groups is 1. The maximum atomic E-state index is 12.3. The Morgan fingerprint density at radius 1 is 1.12 bits per heavy atom. The summed E-state index contributed by atoms with van der Waals surface area (Å²) in [6, 6.07) is 12.3. The van der Waals surface area contributed by atoms with Gasteiger partial charge in [-0.05, 0) is 61.7 Å². The second kappa shape index (κ2) is 9.94. The number of thiophene rings is 1. The highest BCUT2D eigenvalue weighted by Gasteiger charge is 2.16. The van der Waals surface area contributed by atoms with Gasteiger partial charge in [-0.3, -0.25) is 15.6 Å². The summed E-state index contributed by atoms with van der Waals surface area (Å²) < 4.78 is 0. The smallest absolute Gasteiger partial charge is 0.279 e. The van der Waals surface area contributed by atoms with E-state index >= 15 is 0 Å². The molecule has 0 spiro atoms. The molecule has 0 unspecified atom stereocenters. The van der Waals surface area contributed by atoms with E-state index in [2.05, 4.69) is 28.3 Å². The molecule has 1 aromatic heterocycles. The minimum absolute atomic E-state index is 0.120. The van der Waals surface area contributed by atoms with Gasteiger partial charge in [-0.25, -0.2) is 0 Å². The van der Waals surface area contributed by atoms with E-state index in [0.717, 1.165) is 30.0 Å². The monoisotopic (exact) mass is 405 g/mol. The first-order valence-electron chi connectivity index (χ1n) is 8.86. The first-order valence-corrected chi connectivity index (χ1v) is 11.1. The summed E-state index contributed by atoms with van der Waals surface area (Å²) in [4.78, 5) is 15.7. The molecule has 0 saturated heterocycles. The molecule has 0 saturated carbocycles. The number of carbonyl (C=O) groups excluding carboxylic acids is 1. The number of hydrazine groups is 1. The lowest BCUT2D eigenvalue weighted by Crippen LogP contribution is -2.47. The van der Waals surface area contributed by atoms with E-state index in [4.69, 9.17) is 12.2 Å². The van der Waals surface area contributed by atoms with Crippen LogP contribution >= 0.6 is 35.3 Å². The molecule has 1 amide bonds. The highest BCUT2D eigenvalue weighted by Crippen LogP contribution is 2.28. The number of thioether (sulfide) groups is 1. The molecule has 3 rings (SSSR count). The van der Waals surface area contributed by atoms with Crippen molar-refractivity contribution in [1.29, 1.82) is 0 Å². The fraction of sp³-hybridized carbons (Fsp3) is 0.368. The molecule has 0 radical (unpaired) electrons. The summed E-state index contributed by atoms with van der Waals surface area (Å²) in [7, 11) is 0. The van der Waals surface area contributed by atoms with Crippen molar-refractivity contribution in [2.24, 2.45) is 0 Å². The van der Waals surface area contributed by atoms with Gasteiger partial charge >= 0.3 is 0 Å². The number of rotatable bonds is 5. The molecule has 1 aliphatic rings. The number of nitrogens with one attached hydrogen (secondary N) is 3. The highest BCUT2D eigenvalue weighted by molar-refractivity contribution is 7.99. The Morgan fingerprint density at radius 2 is 1.92 bits per heavy atom. The van der Waals surface area contributed by atoms with Crippen LogP contribution in [0.1, 0.15) is 39.4 Å². The van der Waals surface area contributed by atoms with Crippen LogP contribution in [0.3, 0.4) is 0 Å². The Balaban J connectivity index is 1.37. The largest absolute Gasteiger partial charge is 0.361 e. The second-order valence-electron chi connectivity index (χ2n) is 6.12. The van der Waals surface area contributed by atoms with Gasteiger partial charge in [-0.1, -0.05) is 24.6 Å². The number of hydrogen-bond acceptors (Lipinski definition) is 4. The van der Waals surface area contributed by atoms with Crippen LogP contribution in [-0.2, 0) is 12.8 Å². The molecule has 1 aliphatic carbocycles. The minimum Gasteiger partial charge on any atom is -0.361 e. The first-order chi connectivity index (χ1) is 12.7. The zero-order valence-electron chi connectivity index (χ0n) is 14.5. The molecule has 2 aromatic rings. The number of aryl methyl sites for hydroxylation is 2. The van der Waals surface area contributed by atoms with Crippen molar-refractivity contribution in [3.8, 4) is 0 Å². The van der Waals surface area contributed by atoms with Crippen LogP contribution in [0.2, 0.25) is 0 Å². The van der Waals surface area contributed by atoms with Gasteiger partial charge in [0.25, 0.3) is 5.91 Å². The molecule has 0 bridgehead atoms. The summed E-state index contributed by atoms with van der Waals surface area (Å²) in [6.07, 6.45) is 5.91. The first kappa shape index (κ1) is 19.2. The molecule has 138 valence electrons. The average Bonchev–Trinajstić information content (AvgIpc) is 2.95. The molecule has 3 N–H and O–H groups in total. The van der Waals surface area contributed by atoms with Gasteiger partial charge in [-0.15, -0.1) is 23.1 Å².